The molecule has 0 spiro atoms. The average molecular weight is 437 g/mol. The van der Waals surface area contributed by atoms with Crippen LogP contribution in [-0.2, 0) is 16.8 Å². The number of rotatable bonds is 5. The molecule has 0 bridgehead atoms. The fourth-order valence-corrected chi connectivity index (χ4v) is 4.31. The lowest BCUT2D eigenvalue weighted by Gasteiger charge is -2.38. The largest absolute Gasteiger partial charge is 0.323 e. The second kappa shape index (κ2) is 9.04. The summed E-state index contributed by atoms with van der Waals surface area (Å²) in [5.41, 5.74) is 1.78. The minimum atomic E-state index is -3.75. The number of nitrogens with zero attached hydrogens (tertiary/aromatic N) is 3. The van der Waals surface area contributed by atoms with E-state index in [1.54, 1.807) is 31.2 Å². The van der Waals surface area contributed by atoms with Crippen molar-refractivity contribution in [3.8, 4) is 0 Å². The highest BCUT2D eigenvalue weighted by Gasteiger charge is 2.30. The SMILES string of the molecule is Cc1ccc(NC(=O)Nc2cccc(CN3CCN(S(N)(=O)=O)[C@H](C)C3)c2F)cn1. The number of piperazine rings is 1. The second-order valence-electron chi connectivity index (χ2n) is 7.29. The van der Waals surface area contributed by atoms with Crippen molar-refractivity contribution in [2.45, 2.75) is 26.4 Å². The van der Waals surface area contributed by atoms with Crippen LogP contribution in [0.3, 0.4) is 0 Å². The molecule has 0 radical (unpaired) electrons. The van der Waals surface area contributed by atoms with Gasteiger partial charge < -0.3 is 10.6 Å². The molecule has 1 aromatic carbocycles. The van der Waals surface area contributed by atoms with Crippen molar-refractivity contribution in [2.24, 2.45) is 5.14 Å². The summed E-state index contributed by atoms with van der Waals surface area (Å²) in [6, 6.07) is 7.35. The van der Waals surface area contributed by atoms with Gasteiger partial charge in [-0.2, -0.15) is 12.7 Å². The summed E-state index contributed by atoms with van der Waals surface area (Å²) in [4.78, 5) is 18.2. The van der Waals surface area contributed by atoms with Gasteiger partial charge in [0.15, 0.2) is 5.82 Å². The molecule has 30 heavy (non-hydrogen) atoms. The first-order valence-electron chi connectivity index (χ1n) is 9.43. The summed E-state index contributed by atoms with van der Waals surface area (Å²) in [5, 5.41) is 10.3. The molecule has 11 heteroatoms. The van der Waals surface area contributed by atoms with Gasteiger partial charge in [0.05, 0.1) is 17.6 Å². The molecule has 2 aromatic rings. The lowest BCUT2D eigenvalue weighted by molar-refractivity contribution is 0.137. The van der Waals surface area contributed by atoms with Crippen LogP contribution in [0, 0.1) is 12.7 Å². The molecule has 0 aliphatic carbocycles. The van der Waals surface area contributed by atoms with Crippen LogP contribution in [0.25, 0.3) is 0 Å². The quantitative estimate of drug-likeness (QED) is 0.661. The minimum Gasteiger partial charge on any atom is -0.306 e. The zero-order chi connectivity index (χ0) is 21.9. The highest BCUT2D eigenvalue weighted by Crippen LogP contribution is 2.22. The van der Waals surface area contributed by atoms with E-state index in [9.17, 15) is 17.6 Å². The Morgan fingerprint density at radius 2 is 2.03 bits per heavy atom. The summed E-state index contributed by atoms with van der Waals surface area (Å²) < 4.78 is 39.3. The molecular weight excluding hydrogens is 411 g/mol. The van der Waals surface area contributed by atoms with Crippen LogP contribution >= 0.6 is 0 Å². The topological polar surface area (TPSA) is 121 Å². The normalized spacial score (nSPS) is 18.2. The van der Waals surface area contributed by atoms with Gasteiger partial charge in [0.2, 0.25) is 0 Å². The van der Waals surface area contributed by atoms with Gasteiger partial charge in [0.1, 0.15) is 0 Å². The minimum absolute atomic E-state index is 0.0568. The Balaban J connectivity index is 1.63. The van der Waals surface area contributed by atoms with E-state index in [-0.39, 0.29) is 24.8 Å². The van der Waals surface area contributed by atoms with Crippen LogP contribution in [0.2, 0.25) is 0 Å². The average Bonchev–Trinajstić information content (AvgIpc) is 2.66. The van der Waals surface area contributed by atoms with Crippen molar-refractivity contribution in [3.05, 3.63) is 53.6 Å². The number of pyridine rings is 1. The molecule has 3 rings (SSSR count). The van der Waals surface area contributed by atoms with Gasteiger partial charge in [-0.15, -0.1) is 0 Å². The first-order chi connectivity index (χ1) is 14.1. The Hall–Kier alpha value is -2.60. The predicted molar refractivity (Wildman–Crippen MR) is 113 cm³/mol. The van der Waals surface area contributed by atoms with Crippen molar-refractivity contribution in [2.75, 3.05) is 30.3 Å². The van der Waals surface area contributed by atoms with E-state index in [1.807, 2.05) is 11.8 Å². The van der Waals surface area contributed by atoms with Gasteiger partial charge in [-0.3, -0.25) is 9.88 Å². The van der Waals surface area contributed by atoms with E-state index in [2.05, 4.69) is 15.6 Å². The van der Waals surface area contributed by atoms with Crippen molar-refractivity contribution < 1.29 is 17.6 Å². The zero-order valence-electron chi connectivity index (χ0n) is 16.8. The molecule has 1 atom stereocenters. The third-order valence-corrected chi connectivity index (χ3v) is 6.06. The highest BCUT2D eigenvalue weighted by molar-refractivity contribution is 7.86. The number of amides is 2. The van der Waals surface area contributed by atoms with Crippen LogP contribution in [0.4, 0.5) is 20.6 Å². The Labute approximate surface area is 175 Å². The number of nitrogens with one attached hydrogen (secondary N) is 2. The van der Waals surface area contributed by atoms with E-state index in [0.29, 0.717) is 24.3 Å². The van der Waals surface area contributed by atoms with Crippen LogP contribution < -0.4 is 15.8 Å². The van der Waals surface area contributed by atoms with Crippen LogP contribution in [0.5, 0.6) is 0 Å². The number of anilines is 2. The van der Waals surface area contributed by atoms with Crippen molar-refractivity contribution in [3.63, 3.8) is 0 Å². The zero-order valence-corrected chi connectivity index (χ0v) is 17.6. The van der Waals surface area contributed by atoms with E-state index in [4.69, 9.17) is 5.14 Å². The maximum Gasteiger partial charge on any atom is 0.323 e. The molecule has 2 amide bonds. The van der Waals surface area contributed by atoms with Crippen LogP contribution in [-0.4, -0.2) is 54.3 Å². The first kappa shape index (κ1) is 22.1. The maximum absolute atomic E-state index is 14.9. The van der Waals surface area contributed by atoms with Gasteiger partial charge >= 0.3 is 6.03 Å². The van der Waals surface area contributed by atoms with E-state index in [0.717, 1.165) is 5.69 Å². The monoisotopic (exact) mass is 436 g/mol. The molecule has 4 N–H and O–H groups in total. The number of urea groups is 1. The molecule has 1 fully saturated rings. The Morgan fingerprint density at radius 1 is 1.27 bits per heavy atom. The number of hydrogen-bond acceptors (Lipinski definition) is 5. The summed E-state index contributed by atoms with van der Waals surface area (Å²) in [5.74, 6) is -0.531. The number of carbonyl (C=O) groups excluding carboxylic acids is 1. The highest BCUT2D eigenvalue weighted by atomic mass is 32.2. The molecule has 1 aromatic heterocycles. The van der Waals surface area contributed by atoms with Gasteiger partial charge in [0.25, 0.3) is 10.2 Å². The number of halogens is 1. The number of aryl methyl sites for hydroxylation is 1. The Morgan fingerprint density at radius 3 is 2.67 bits per heavy atom. The second-order valence-corrected chi connectivity index (χ2v) is 8.78. The summed E-state index contributed by atoms with van der Waals surface area (Å²) in [7, 11) is -3.75. The molecule has 2 heterocycles. The van der Waals surface area contributed by atoms with Gasteiger partial charge in [-0.25, -0.2) is 14.3 Å². The van der Waals surface area contributed by atoms with Crippen molar-refractivity contribution >= 4 is 27.6 Å². The van der Waals surface area contributed by atoms with Crippen LogP contribution in [0.15, 0.2) is 36.5 Å². The number of benzene rings is 1. The third kappa shape index (κ3) is 5.51. The molecule has 0 saturated carbocycles. The lowest BCUT2D eigenvalue weighted by atomic mass is 10.1. The molecule has 0 unspecified atom stereocenters. The Kier molecular flexibility index (Phi) is 6.66. The lowest BCUT2D eigenvalue weighted by Crippen LogP contribution is -2.55. The molecule has 162 valence electrons. The van der Waals surface area contributed by atoms with Crippen molar-refractivity contribution in [1.82, 2.24) is 14.2 Å². The van der Waals surface area contributed by atoms with E-state index in [1.165, 1.54) is 16.6 Å². The summed E-state index contributed by atoms with van der Waals surface area (Å²) in [6.07, 6.45) is 1.52. The standard InChI is InChI=1S/C19H25FN6O3S/c1-13-6-7-16(10-22-13)23-19(27)24-17-5-3-4-15(18(17)20)12-25-8-9-26(14(2)11-25)30(21,28)29/h3-7,10,14H,8-9,11-12H2,1-2H3,(H2,21,28,29)(H2,23,24,27)/t14-/m1/s1. The predicted octanol–water partition coefficient (Wildman–Crippen LogP) is 1.88. The first-order valence-corrected chi connectivity index (χ1v) is 10.9. The number of aromatic nitrogens is 1. The van der Waals surface area contributed by atoms with Gasteiger partial charge in [0, 0.05) is 43.5 Å². The third-order valence-electron chi connectivity index (χ3n) is 4.87. The maximum atomic E-state index is 14.9. The summed E-state index contributed by atoms with van der Waals surface area (Å²) >= 11 is 0. The fraction of sp³-hybridized carbons (Fsp3) is 0.368. The molecule has 1 aliphatic rings. The fourth-order valence-electron chi connectivity index (χ4n) is 3.40. The molecular formula is C19H25FN6O3S. The van der Waals surface area contributed by atoms with E-state index >= 15 is 0 Å². The van der Waals surface area contributed by atoms with Gasteiger partial charge in [-0.1, -0.05) is 12.1 Å². The summed E-state index contributed by atoms with van der Waals surface area (Å²) in [6.45, 7) is 4.98. The van der Waals surface area contributed by atoms with Crippen LogP contribution in [0.1, 0.15) is 18.2 Å². The number of hydrogen-bond donors (Lipinski definition) is 3. The van der Waals surface area contributed by atoms with E-state index < -0.39 is 22.1 Å². The smallest absolute Gasteiger partial charge is 0.306 e. The molecule has 1 aliphatic heterocycles. The van der Waals surface area contributed by atoms with Gasteiger partial charge in [-0.05, 0) is 32.0 Å². The Bertz CT molecular complexity index is 1020. The van der Waals surface area contributed by atoms with Crippen molar-refractivity contribution in [1.29, 1.82) is 0 Å². The number of carbonyl (C=O) groups is 1. The number of nitrogens with two attached hydrogens (primary N) is 1. The molecule has 9 nitrogen and oxygen atoms in total. The molecule has 1 saturated heterocycles.